The Morgan fingerprint density at radius 1 is 1.38 bits per heavy atom. The number of amides is 1. The van der Waals surface area contributed by atoms with E-state index < -0.39 is 5.91 Å². The molecule has 0 spiro atoms. The van der Waals surface area contributed by atoms with Crippen molar-refractivity contribution >= 4 is 16.9 Å². The van der Waals surface area contributed by atoms with E-state index in [1.165, 1.54) is 0 Å². The van der Waals surface area contributed by atoms with Gasteiger partial charge in [0.1, 0.15) is 11.2 Å². The molecule has 2 atom stereocenters. The number of carbonyl (C=O) groups excluding carboxylic acids is 1. The van der Waals surface area contributed by atoms with Gasteiger partial charge in [-0.25, -0.2) is 4.98 Å². The number of aliphatic hydroxyl groups is 1. The summed E-state index contributed by atoms with van der Waals surface area (Å²) in [5.41, 5.74) is 1.15. The smallest absolute Gasteiger partial charge is 0.257 e. The first kappa shape index (κ1) is 18.1. The standard InChI is InChI=1S/C18H25N3O3/c1-5-11(3)15(10-22)20-18(24)14-9-21(6-2)17-13(16(14)23)8-7-12(4)19-17/h7-9,11,15,22H,5-6,10H2,1-4H3,(H,20,24)/t11-,15+/m1/s1. The highest BCUT2D eigenvalue weighted by atomic mass is 16.3. The number of nitrogens with one attached hydrogen (secondary N) is 1. The second-order valence-electron chi connectivity index (χ2n) is 6.13. The zero-order valence-corrected chi connectivity index (χ0v) is 14.7. The quantitative estimate of drug-likeness (QED) is 0.846. The van der Waals surface area contributed by atoms with Crippen LogP contribution in [0.3, 0.4) is 0 Å². The Kier molecular flexibility index (Phi) is 5.72. The molecule has 0 saturated heterocycles. The highest BCUT2D eigenvalue weighted by Crippen LogP contribution is 2.12. The van der Waals surface area contributed by atoms with E-state index in [1.807, 2.05) is 27.7 Å². The van der Waals surface area contributed by atoms with Crippen LogP contribution in [0.2, 0.25) is 0 Å². The second-order valence-corrected chi connectivity index (χ2v) is 6.13. The Morgan fingerprint density at radius 3 is 2.67 bits per heavy atom. The summed E-state index contributed by atoms with van der Waals surface area (Å²) in [5, 5.41) is 12.7. The van der Waals surface area contributed by atoms with E-state index in [1.54, 1.807) is 22.9 Å². The van der Waals surface area contributed by atoms with Crippen molar-refractivity contribution < 1.29 is 9.90 Å². The summed E-state index contributed by atoms with van der Waals surface area (Å²) >= 11 is 0. The van der Waals surface area contributed by atoms with Crippen LogP contribution in [-0.2, 0) is 6.54 Å². The summed E-state index contributed by atoms with van der Waals surface area (Å²) in [7, 11) is 0. The van der Waals surface area contributed by atoms with Crippen LogP contribution in [0.25, 0.3) is 11.0 Å². The van der Waals surface area contributed by atoms with Gasteiger partial charge < -0.3 is 15.0 Å². The molecule has 1 amide bonds. The molecular formula is C18H25N3O3. The van der Waals surface area contributed by atoms with Crippen molar-refractivity contribution in [2.24, 2.45) is 5.92 Å². The summed E-state index contributed by atoms with van der Waals surface area (Å²) in [6, 6.07) is 3.10. The van der Waals surface area contributed by atoms with E-state index in [4.69, 9.17) is 0 Å². The van der Waals surface area contributed by atoms with E-state index >= 15 is 0 Å². The van der Waals surface area contributed by atoms with Crippen molar-refractivity contribution in [2.45, 2.75) is 46.7 Å². The molecular weight excluding hydrogens is 306 g/mol. The van der Waals surface area contributed by atoms with Crippen LogP contribution >= 0.6 is 0 Å². The van der Waals surface area contributed by atoms with Crippen molar-refractivity contribution in [3.63, 3.8) is 0 Å². The predicted molar refractivity (Wildman–Crippen MR) is 94.2 cm³/mol. The minimum absolute atomic E-state index is 0.0803. The van der Waals surface area contributed by atoms with Crippen molar-refractivity contribution in [1.29, 1.82) is 0 Å². The summed E-state index contributed by atoms with van der Waals surface area (Å²) in [6.07, 6.45) is 2.38. The molecule has 2 aromatic rings. The largest absolute Gasteiger partial charge is 0.394 e. The Hall–Kier alpha value is -2.21. The number of nitrogens with zero attached hydrogens (tertiary/aromatic N) is 2. The maximum Gasteiger partial charge on any atom is 0.257 e. The normalized spacial score (nSPS) is 13.7. The number of aliphatic hydroxyl groups excluding tert-OH is 1. The Labute approximate surface area is 141 Å². The molecule has 0 saturated carbocycles. The molecule has 0 unspecified atom stereocenters. The summed E-state index contributed by atoms with van der Waals surface area (Å²) in [6.45, 7) is 8.19. The van der Waals surface area contributed by atoms with Crippen LogP contribution in [0.1, 0.15) is 43.2 Å². The lowest BCUT2D eigenvalue weighted by molar-refractivity contribution is 0.0890. The zero-order chi connectivity index (χ0) is 17.9. The summed E-state index contributed by atoms with van der Waals surface area (Å²) in [4.78, 5) is 29.7. The average Bonchev–Trinajstić information content (AvgIpc) is 2.59. The molecule has 2 aromatic heterocycles. The topological polar surface area (TPSA) is 84.2 Å². The van der Waals surface area contributed by atoms with Crippen molar-refractivity contribution in [3.8, 4) is 0 Å². The van der Waals surface area contributed by atoms with Gasteiger partial charge in [-0.15, -0.1) is 0 Å². The maximum absolute atomic E-state index is 12.7. The van der Waals surface area contributed by atoms with Crippen molar-refractivity contribution in [3.05, 3.63) is 39.8 Å². The van der Waals surface area contributed by atoms with Gasteiger partial charge in [0.25, 0.3) is 5.91 Å². The summed E-state index contributed by atoms with van der Waals surface area (Å²) < 4.78 is 1.80. The lowest BCUT2D eigenvalue weighted by Crippen LogP contribution is -2.43. The molecule has 0 fully saturated rings. The average molecular weight is 331 g/mol. The monoisotopic (exact) mass is 331 g/mol. The number of fused-ring (bicyclic) bond motifs is 1. The number of pyridine rings is 2. The maximum atomic E-state index is 12.7. The molecule has 0 aliphatic heterocycles. The predicted octanol–water partition coefficient (Wildman–Crippen LogP) is 1.86. The third-order valence-electron chi connectivity index (χ3n) is 4.49. The molecule has 0 radical (unpaired) electrons. The molecule has 2 N–H and O–H groups in total. The van der Waals surface area contributed by atoms with Gasteiger partial charge in [-0.1, -0.05) is 20.3 Å². The molecule has 24 heavy (non-hydrogen) atoms. The molecule has 0 aliphatic carbocycles. The molecule has 6 heteroatoms. The number of rotatable bonds is 6. The Bertz CT molecular complexity index is 798. The van der Waals surface area contributed by atoms with Gasteiger partial charge in [0.05, 0.1) is 18.0 Å². The fourth-order valence-electron chi connectivity index (χ4n) is 2.66. The first-order chi connectivity index (χ1) is 11.4. The Balaban J connectivity index is 2.49. The van der Waals surface area contributed by atoms with E-state index in [0.29, 0.717) is 17.6 Å². The highest BCUT2D eigenvalue weighted by Gasteiger charge is 2.21. The van der Waals surface area contributed by atoms with Gasteiger partial charge in [-0.3, -0.25) is 9.59 Å². The van der Waals surface area contributed by atoms with Crippen molar-refractivity contribution in [1.82, 2.24) is 14.9 Å². The molecule has 0 aliphatic rings. The zero-order valence-electron chi connectivity index (χ0n) is 14.7. The van der Waals surface area contributed by atoms with Crippen LogP contribution in [-0.4, -0.2) is 33.2 Å². The van der Waals surface area contributed by atoms with E-state index in [2.05, 4.69) is 10.3 Å². The van der Waals surface area contributed by atoms with Crippen LogP contribution in [0.15, 0.2) is 23.1 Å². The van der Waals surface area contributed by atoms with E-state index in [-0.39, 0.29) is 29.6 Å². The highest BCUT2D eigenvalue weighted by molar-refractivity contribution is 5.97. The first-order valence-electron chi connectivity index (χ1n) is 8.35. The van der Waals surface area contributed by atoms with Crippen LogP contribution < -0.4 is 10.7 Å². The number of aryl methyl sites for hydroxylation is 2. The third-order valence-corrected chi connectivity index (χ3v) is 4.49. The van der Waals surface area contributed by atoms with Gasteiger partial charge in [0, 0.05) is 18.4 Å². The van der Waals surface area contributed by atoms with Crippen LogP contribution in [0, 0.1) is 12.8 Å². The lowest BCUT2D eigenvalue weighted by atomic mass is 9.99. The number of carbonyl (C=O) groups is 1. The van der Waals surface area contributed by atoms with Crippen LogP contribution in [0.5, 0.6) is 0 Å². The fraction of sp³-hybridized carbons (Fsp3) is 0.500. The molecule has 130 valence electrons. The molecule has 6 nitrogen and oxygen atoms in total. The van der Waals surface area contributed by atoms with Gasteiger partial charge in [0.2, 0.25) is 5.43 Å². The summed E-state index contributed by atoms with van der Waals surface area (Å²) in [5.74, 6) is -0.332. The van der Waals surface area contributed by atoms with E-state index in [0.717, 1.165) is 12.1 Å². The number of hydrogen-bond acceptors (Lipinski definition) is 4. The van der Waals surface area contributed by atoms with Gasteiger partial charge in [-0.2, -0.15) is 0 Å². The van der Waals surface area contributed by atoms with Gasteiger partial charge >= 0.3 is 0 Å². The SMILES string of the molecule is CC[C@@H](C)[C@H](CO)NC(=O)c1cn(CC)c2nc(C)ccc2c1=O. The van der Waals surface area contributed by atoms with Crippen LogP contribution in [0.4, 0.5) is 0 Å². The lowest BCUT2D eigenvalue weighted by Gasteiger charge is -2.22. The van der Waals surface area contributed by atoms with E-state index in [9.17, 15) is 14.7 Å². The second kappa shape index (κ2) is 7.57. The van der Waals surface area contributed by atoms with Crippen molar-refractivity contribution in [2.75, 3.05) is 6.61 Å². The Morgan fingerprint density at radius 2 is 2.08 bits per heavy atom. The number of hydrogen-bond donors (Lipinski definition) is 2. The molecule has 0 aromatic carbocycles. The minimum Gasteiger partial charge on any atom is -0.394 e. The number of aromatic nitrogens is 2. The first-order valence-corrected chi connectivity index (χ1v) is 8.35. The fourth-order valence-corrected chi connectivity index (χ4v) is 2.66. The molecule has 2 heterocycles. The minimum atomic E-state index is -0.455. The molecule has 2 rings (SSSR count). The van der Waals surface area contributed by atoms with Gasteiger partial charge in [-0.05, 0) is 31.9 Å². The molecule has 0 bridgehead atoms. The third kappa shape index (κ3) is 3.48. The van der Waals surface area contributed by atoms with Gasteiger partial charge in [0.15, 0.2) is 0 Å².